The molecule has 2 aromatic rings. The molecule has 0 heterocycles. The van der Waals surface area contributed by atoms with E-state index in [1.165, 1.54) is 43.5 Å². The number of hydrogen-bond acceptors (Lipinski definition) is 5. The molecule has 0 aliphatic heterocycles. The molecule has 0 radical (unpaired) electrons. The molecule has 0 bridgehead atoms. The van der Waals surface area contributed by atoms with Crippen molar-refractivity contribution in [2.75, 3.05) is 7.11 Å². The van der Waals surface area contributed by atoms with Gasteiger partial charge in [-0.25, -0.2) is 8.42 Å². The number of ether oxygens (including phenoxy) is 1. The number of nitrogens with zero attached hydrogens (tertiary/aromatic N) is 1. The molecule has 0 saturated carbocycles. The molecule has 5 nitrogen and oxygen atoms in total. The second-order valence-electron chi connectivity index (χ2n) is 4.63. The third kappa shape index (κ3) is 3.83. The van der Waals surface area contributed by atoms with Gasteiger partial charge in [0.1, 0.15) is 11.0 Å². The normalized spacial score (nSPS) is 11.8. The van der Waals surface area contributed by atoms with E-state index in [2.05, 4.69) is 0 Å². The number of halogens is 2. The lowest BCUT2D eigenvalue weighted by atomic mass is 10.2. The van der Waals surface area contributed by atoms with Gasteiger partial charge in [-0.15, -0.1) is 0 Å². The van der Waals surface area contributed by atoms with Crippen molar-refractivity contribution in [3.8, 4) is 17.6 Å². The minimum Gasteiger partial charge on any atom is -0.504 e. The molecular weight excluding hydrogens is 465 g/mol. The smallest absolute Gasteiger partial charge is 0.216 e. The Kier molecular flexibility index (Phi) is 5.74. The zero-order valence-electron chi connectivity index (χ0n) is 12.3. The van der Waals surface area contributed by atoms with Crippen LogP contribution in [0, 0.1) is 14.9 Å². The number of phenolic OH excluding ortho intramolecular Hbond substituents is 1. The Morgan fingerprint density at radius 1 is 1.33 bits per heavy atom. The molecule has 2 rings (SSSR count). The molecule has 1 N–H and O–H groups in total. The minimum absolute atomic E-state index is 0.0276. The van der Waals surface area contributed by atoms with Crippen LogP contribution in [0.15, 0.2) is 46.2 Å². The van der Waals surface area contributed by atoms with E-state index in [0.29, 0.717) is 14.2 Å². The lowest BCUT2D eigenvalue weighted by Gasteiger charge is -2.08. The maximum absolute atomic E-state index is 12.6. The Morgan fingerprint density at radius 2 is 1.96 bits per heavy atom. The average molecular weight is 476 g/mol. The number of nitriles is 1. The first-order valence-electron chi connectivity index (χ1n) is 6.48. The van der Waals surface area contributed by atoms with Gasteiger partial charge in [-0.2, -0.15) is 5.26 Å². The van der Waals surface area contributed by atoms with E-state index < -0.39 is 14.7 Å². The molecule has 8 heteroatoms. The summed E-state index contributed by atoms with van der Waals surface area (Å²) in [6.07, 6.45) is 1.23. The van der Waals surface area contributed by atoms with Crippen LogP contribution in [-0.4, -0.2) is 20.6 Å². The molecular formula is C16H11ClINO4S. The summed E-state index contributed by atoms with van der Waals surface area (Å²) in [5.74, 6) is 0.142. The fourth-order valence-corrected chi connectivity index (χ4v) is 3.81. The number of phenols is 1. The lowest BCUT2D eigenvalue weighted by Crippen LogP contribution is -2.03. The number of hydrogen-bond donors (Lipinski definition) is 1. The van der Waals surface area contributed by atoms with Gasteiger partial charge >= 0.3 is 0 Å². The largest absolute Gasteiger partial charge is 0.504 e. The Labute approximate surface area is 158 Å². The molecule has 0 aromatic heterocycles. The average Bonchev–Trinajstić information content (AvgIpc) is 2.55. The van der Waals surface area contributed by atoms with Crippen molar-refractivity contribution < 1.29 is 18.3 Å². The topological polar surface area (TPSA) is 87.4 Å². The van der Waals surface area contributed by atoms with E-state index >= 15 is 0 Å². The summed E-state index contributed by atoms with van der Waals surface area (Å²) in [7, 11) is -2.59. The van der Waals surface area contributed by atoms with E-state index in [1.807, 2.05) is 22.6 Å². The molecule has 124 valence electrons. The summed E-state index contributed by atoms with van der Waals surface area (Å²) < 4.78 is 30.6. The van der Waals surface area contributed by atoms with Crippen LogP contribution in [0.25, 0.3) is 6.08 Å². The van der Waals surface area contributed by atoms with Crippen LogP contribution in [0.5, 0.6) is 11.5 Å². The van der Waals surface area contributed by atoms with Crippen LogP contribution in [0.3, 0.4) is 0 Å². The Bertz CT molecular complexity index is 947. The zero-order valence-corrected chi connectivity index (χ0v) is 16.1. The van der Waals surface area contributed by atoms with Crippen molar-refractivity contribution in [1.29, 1.82) is 5.26 Å². The second-order valence-corrected chi connectivity index (χ2v) is 8.15. The van der Waals surface area contributed by atoms with Crippen LogP contribution in [-0.2, 0) is 9.84 Å². The first-order valence-corrected chi connectivity index (χ1v) is 9.42. The number of sulfone groups is 1. The predicted octanol–water partition coefficient (Wildman–Crippen LogP) is 4.00. The summed E-state index contributed by atoms with van der Waals surface area (Å²) in [5.41, 5.74) is 0.420. The van der Waals surface area contributed by atoms with Crippen LogP contribution in [0.4, 0.5) is 0 Å². The third-order valence-electron chi connectivity index (χ3n) is 3.09. The van der Waals surface area contributed by atoms with Gasteiger partial charge in [-0.3, -0.25) is 0 Å². The second kappa shape index (κ2) is 7.42. The Morgan fingerprint density at radius 3 is 2.50 bits per heavy atom. The Balaban J connectivity index is 2.56. The summed E-state index contributed by atoms with van der Waals surface area (Å²) >= 11 is 7.65. The zero-order chi connectivity index (χ0) is 17.9. The molecule has 24 heavy (non-hydrogen) atoms. The van der Waals surface area contributed by atoms with Gasteiger partial charge in [-0.05, 0) is 70.6 Å². The SMILES string of the molecule is COc1cc(C=C(C#N)S(=O)(=O)c2ccc(Cl)cc2)cc(I)c1O. The van der Waals surface area contributed by atoms with Crippen LogP contribution in [0.2, 0.25) is 5.02 Å². The summed E-state index contributed by atoms with van der Waals surface area (Å²) in [4.78, 5) is -0.450. The molecule has 2 aromatic carbocycles. The maximum atomic E-state index is 12.6. The Hall–Kier alpha value is -1.76. The maximum Gasteiger partial charge on any atom is 0.216 e. The van der Waals surface area contributed by atoms with Crippen molar-refractivity contribution in [2.45, 2.75) is 4.90 Å². The van der Waals surface area contributed by atoms with E-state index in [4.69, 9.17) is 16.3 Å². The van der Waals surface area contributed by atoms with Gasteiger partial charge in [0, 0.05) is 5.02 Å². The summed E-state index contributed by atoms with van der Waals surface area (Å²) in [6, 6.07) is 10.3. The predicted molar refractivity (Wildman–Crippen MR) is 99.6 cm³/mol. The third-order valence-corrected chi connectivity index (χ3v) is 5.85. The van der Waals surface area contributed by atoms with Crippen LogP contribution in [0.1, 0.15) is 5.56 Å². The first kappa shape index (κ1) is 18.6. The highest BCUT2D eigenvalue weighted by molar-refractivity contribution is 14.1. The number of allylic oxidation sites excluding steroid dienone is 1. The van der Waals surface area contributed by atoms with Gasteiger partial charge < -0.3 is 9.84 Å². The van der Waals surface area contributed by atoms with Crippen molar-refractivity contribution in [3.05, 3.63) is 55.5 Å². The summed E-state index contributed by atoms with van der Waals surface area (Å²) in [6.45, 7) is 0. The van der Waals surface area contributed by atoms with Crippen molar-refractivity contribution >= 4 is 50.1 Å². The van der Waals surface area contributed by atoms with Crippen molar-refractivity contribution in [3.63, 3.8) is 0 Å². The number of methoxy groups -OCH3 is 1. The highest BCUT2D eigenvalue weighted by atomic mass is 127. The molecule has 0 amide bonds. The minimum atomic E-state index is -3.97. The van der Waals surface area contributed by atoms with E-state index in [9.17, 15) is 18.8 Å². The van der Waals surface area contributed by atoms with Crippen LogP contribution < -0.4 is 4.74 Å². The van der Waals surface area contributed by atoms with Crippen molar-refractivity contribution in [2.24, 2.45) is 0 Å². The van der Waals surface area contributed by atoms with Gasteiger partial charge in [0.2, 0.25) is 9.84 Å². The van der Waals surface area contributed by atoms with Crippen molar-refractivity contribution in [1.82, 2.24) is 0 Å². The standard InChI is InChI=1S/C16H11ClINO4S/c1-23-15-8-10(7-14(18)16(15)20)6-13(9-19)24(21,22)12-4-2-11(17)3-5-12/h2-8,20H,1H3. The lowest BCUT2D eigenvalue weighted by molar-refractivity contribution is 0.371. The molecule has 0 fully saturated rings. The van der Waals surface area contributed by atoms with Gasteiger partial charge in [0.25, 0.3) is 0 Å². The fraction of sp³-hybridized carbons (Fsp3) is 0.0625. The number of rotatable bonds is 4. The monoisotopic (exact) mass is 475 g/mol. The van der Waals surface area contributed by atoms with E-state index in [1.54, 1.807) is 12.1 Å². The van der Waals surface area contributed by atoms with E-state index in [-0.39, 0.29) is 16.4 Å². The quantitative estimate of drug-likeness (QED) is 0.533. The molecule has 0 spiro atoms. The van der Waals surface area contributed by atoms with E-state index in [0.717, 1.165) is 0 Å². The van der Waals surface area contributed by atoms with Gasteiger partial charge in [-0.1, -0.05) is 11.6 Å². The highest BCUT2D eigenvalue weighted by Crippen LogP contribution is 2.33. The first-order chi connectivity index (χ1) is 11.3. The molecule has 0 saturated heterocycles. The molecule has 0 atom stereocenters. The highest BCUT2D eigenvalue weighted by Gasteiger charge is 2.21. The molecule has 0 aliphatic carbocycles. The molecule has 0 unspecified atom stereocenters. The van der Waals surface area contributed by atoms with Gasteiger partial charge in [0.15, 0.2) is 11.5 Å². The molecule has 0 aliphatic rings. The van der Waals surface area contributed by atoms with Gasteiger partial charge in [0.05, 0.1) is 15.6 Å². The number of aromatic hydroxyl groups is 1. The number of benzene rings is 2. The summed E-state index contributed by atoms with van der Waals surface area (Å²) in [5, 5.41) is 19.5. The van der Waals surface area contributed by atoms with Crippen LogP contribution >= 0.6 is 34.2 Å². The fourth-order valence-electron chi connectivity index (χ4n) is 1.89.